The molecule has 1 atom stereocenters. The zero-order chi connectivity index (χ0) is 12.7. The van der Waals surface area contributed by atoms with Crippen LogP contribution in [0.1, 0.15) is 51.9 Å². The number of hydrogen-bond donors (Lipinski definition) is 3. The molecule has 5 nitrogen and oxygen atoms in total. The van der Waals surface area contributed by atoms with Crippen molar-refractivity contribution in [3.8, 4) is 0 Å². The van der Waals surface area contributed by atoms with Crippen LogP contribution in [0, 0.1) is 0 Å². The molecule has 0 heterocycles. The van der Waals surface area contributed by atoms with Crippen molar-refractivity contribution >= 4 is 11.9 Å². The van der Waals surface area contributed by atoms with Crippen LogP contribution in [-0.2, 0) is 4.79 Å². The van der Waals surface area contributed by atoms with Crippen LogP contribution in [-0.4, -0.2) is 24.0 Å². The molecule has 0 aromatic carbocycles. The minimum atomic E-state index is -0.790. The lowest BCUT2D eigenvalue weighted by Gasteiger charge is -2.24. The lowest BCUT2D eigenvalue weighted by Crippen LogP contribution is -2.49. The van der Waals surface area contributed by atoms with Gasteiger partial charge in [0.05, 0.1) is 6.04 Å². The number of imide groups is 1. The largest absolute Gasteiger partial charge is 0.351 e. The Morgan fingerprint density at radius 3 is 2.18 bits per heavy atom. The molecule has 0 spiro atoms. The Kier molecular flexibility index (Phi) is 5.97. The Morgan fingerprint density at radius 2 is 1.65 bits per heavy atom. The van der Waals surface area contributed by atoms with E-state index in [9.17, 15) is 9.59 Å². The first-order valence-corrected chi connectivity index (χ1v) is 6.46. The number of urea groups is 1. The van der Waals surface area contributed by atoms with Crippen LogP contribution in [0.5, 0.6) is 0 Å². The fraction of sp³-hybridized carbons (Fsp3) is 0.833. The van der Waals surface area contributed by atoms with E-state index >= 15 is 0 Å². The zero-order valence-corrected chi connectivity index (χ0v) is 10.5. The van der Waals surface area contributed by atoms with E-state index in [2.05, 4.69) is 10.6 Å². The zero-order valence-electron chi connectivity index (χ0n) is 10.5. The molecule has 1 fully saturated rings. The predicted octanol–water partition coefficient (Wildman–Crippen LogP) is 1.27. The van der Waals surface area contributed by atoms with E-state index in [1.807, 2.05) is 0 Å². The monoisotopic (exact) mass is 241 g/mol. The van der Waals surface area contributed by atoms with E-state index in [4.69, 9.17) is 5.73 Å². The fourth-order valence-electron chi connectivity index (χ4n) is 2.28. The van der Waals surface area contributed by atoms with Crippen LogP contribution in [0.4, 0.5) is 4.79 Å². The Morgan fingerprint density at radius 1 is 1.12 bits per heavy atom. The summed E-state index contributed by atoms with van der Waals surface area (Å²) in [5.74, 6) is -0.348. The summed E-state index contributed by atoms with van der Waals surface area (Å²) in [7, 11) is 0. The van der Waals surface area contributed by atoms with Crippen molar-refractivity contribution in [1.29, 1.82) is 0 Å². The van der Waals surface area contributed by atoms with Crippen LogP contribution >= 0.6 is 0 Å². The van der Waals surface area contributed by atoms with Gasteiger partial charge in [-0.05, 0) is 19.8 Å². The van der Waals surface area contributed by atoms with Crippen LogP contribution in [0.3, 0.4) is 0 Å². The number of rotatable bonds is 3. The van der Waals surface area contributed by atoms with Gasteiger partial charge < -0.3 is 11.1 Å². The Balaban J connectivity index is 2.34. The number of amides is 3. The van der Waals surface area contributed by atoms with Crippen LogP contribution in [0.2, 0.25) is 0 Å². The number of nitrogens with one attached hydrogen (secondary N) is 2. The summed E-state index contributed by atoms with van der Waals surface area (Å²) in [5.41, 5.74) is 4.91. The van der Waals surface area contributed by atoms with Gasteiger partial charge in [0.15, 0.2) is 0 Å². The first-order valence-electron chi connectivity index (χ1n) is 6.46. The first-order chi connectivity index (χ1) is 8.09. The van der Waals surface area contributed by atoms with E-state index < -0.39 is 6.03 Å². The molecule has 0 saturated heterocycles. The smallest absolute Gasteiger partial charge is 0.318 e. The highest BCUT2D eigenvalue weighted by Gasteiger charge is 2.19. The summed E-state index contributed by atoms with van der Waals surface area (Å²) in [6.07, 6.45) is 8.51. The van der Waals surface area contributed by atoms with Crippen molar-refractivity contribution in [2.75, 3.05) is 0 Å². The fourth-order valence-corrected chi connectivity index (χ4v) is 2.28. The van der Waals surface area contributed by atoms with Crippen LogP contribution in [0.15, 0.2) is 0 Å². The lowest BCUT2D eigenvalue weighted by atomic mass is 9.96. The second kappa shape index (κ2) is 7.27. The molecule has 3 amide bonds. The van der Waals surface area contributed by atoms with E-state index in [0.717, 1.165) is 12.8 Å². The van der Waals surface area contributed by atoms with Crippen molar-refractivity contribution in [2.45, 2.75) is 64.0 Å². The molecule has 0 radical (unpaired) electrons. The van der Waals surface area contributed by atoms with Gasteiger partial charge in [0, 0.05) is 6.04 Å². The van der Waals surface area contributed by atoms with E-state index in [1.165, 1.54) is 32.1 Å². The SMILES string of the molecule is CC(NC1CCCCCCC1)C(=O)NC(N)=O. The van der Waals surface area contributed by atoms with E-state index in [-0.39, 0.29) is 11.9 Å². The summed E-state index contributed by atoms with van der Waals surface area (Å²) in [6, 6.07) is -0.780. The third-order valence-corrected chi connectivity index (χ3v) is 3.23. The molecule has 5 heteroatoms. The predicted molar refractivity (Wildman–Crippen MR) is 66.4 cm³/mol. The van der Waals surface area contributed by atoms with Gasteiger partial charge in [0.25, 0.3) is 0 Å². The van der Waals surface area contributed by atoms with Gasteiger partial charge in [-0.25, -0.2) is 4.79 Å². The van der Waals surface area contributed by atoms with Gasteiger partial charge in [-0.2, -0.15) is 0 Å². The average molecular weight is 241 g/mol. The quantitative estimate of drug-likeness (QED) is 0.695. The Bertz CT molecular complexity index is 260. The molecule has 0 aromatic rings. The highest BCUT2D eigenvalue weighted by molar-refractivity contribution is 5.96. The second-order valence-electron chi connectivity index (χ2n) is 4.78. The lowest BCUT2D eigenvalue weighted by molar-refractivity contribution is -0.121. The van der Waals surface area contributed by atoms with Crippen molar-refractivity contribution in [3.63, 3.8) is 0 Å². The number of carbonyl (C=O) groups is 2. The summed E-state index contributed by atoms with van der Waals surface area (Å²) in [6.45, 7) is 1.76. The average Bonchev–Trinajstić information content (AvgIpc) is 2.20. The third-order valence-electron chi connectivity index (χ3n) is 3.23. The molecule has 17 heavy (non-hydrogen) atoms. The molecule has 0 aliphatic heterocycles. The number of primary amides is 1. The van der Waals surface area contributed by atoms with Gasteiger partial charge >= 0.3 is 6.03 Å². The van der Waals surface area contributed by atoms with E-state index in [1.54, 1.807) is 6.92 Å². The van der Waals surface area contributed by atoms with Crippen LogP contribution < -0.4 is 16.4 Å². The summed E-state index contributed by atoms with van der Waals surface area (Å²) < 4.78 is 0. The minimum absolute atomic E-state index is 0.348. The Labute approximate surface area is 103 Å². The van der Waals surface area contributed by atoms with Gasteiger partial charge in [-0.15, -0.1) is 0 Å². The van der Waals surface area contributed by atoms with Crippen molar-refractivity contribution < 1.29 is 9.59 Å². The number of hydrogen-bond acceptors (Lipinski definition) is 3. The highest BCUT2D eigenvalue weighted by atomic mass is 16.2. The summed E-state index contributed by atoms with van der Waals surface area (Å²) in [5, 5.41) is 5.37. The highest BCUT2D eigenvalue weighted by Crippen LogP contribution is 2.17. The second-order valence-corrected chi connectivity index (χ2v) is 4.78. The maximum absolute atomic E-state index is 11.5. The van der Waals surface area contributed by atoms with Gasteiger partial charge in [-0.1, -0.05) is 32.1 Å². The minimum Gasteiger partial charge on any atom is -0.351 e. The molecule has 1 rings (SSSR count). The number of carbonyl (C=O) groups excluding carboxylic acids is 2. The molecule has 1 saturated carbocycles. The van der Waals surface area contributed by atoms with Gasteiger partial charge in [-0.3, -0.25) is 10.1 Å². The normalized spacial score (nSPS) is 20.1. The summed E-state index contributed by atoms with van der Waals surface area (Å²) in [4.78, 5) is 22.1. The topological polar surface area (TPSA) is 84.2 Å². The van der Waals surface area contributed by atoms with Crippen LogP contribution in [0.25, 0.3) is 0 Å². The molecule has 0 aromatic heterocycles. The maximum Gasteiger partial charge on any atom is 0.318 e. The maximum atomic E-state index is 11.5. The molecule has 1 aliphatic carbocycles. The number of nitrogens with two attached hydrogens (primary N) is 1. The molecule has 98 valence electrons. The van der Waals surface area contributed by atoms with Crippen molar-refractivity contribution in [3.05, 3.63) is 0 Å². The van der Waals surface area contributed by atoms with Crippen molar-refractivity contribution in [1.82, 2.24) is 10.6 Å². The standard InChI is InChI=1S/C12H23N3O2/c1-9(11(16)15-12(13)17)14-10-7-5-3-2-4-6-8-10/h9-10,14H,2-8H2,1H3,(H3,13,15,16,17). The summed E-state index contributed by atoms with van der Waals surface area (Å²) >= 11 is 0. The van der Waals surface area contributed by atoms with Gasteiger partial charge in [0.1, 0.15) is 0 Å². The molecule has 4 N–H and O–H groups in total. The molecule has 1 aliphatic rings. The van der Waals surface area contributed by atoms with Gasteiger partial charge in [0.2, 0.25) is 5.91 Å². The first kappa shape index (κ1) is 14.0. The Hall–Kier alpha value is -1.10. The molecule has 1 unspecified atom stereocenters. The van der Waals surface area contributed by atoms with Crippen molar-refractivity contribution in [2.24, 2.45) is 5.73 Å². The molecular formula is C12H23N3O2. The third kappa shape index (κ3) is 5.68. The molecule has 0 bridgehead atoms. The van der Waals surface area contributed by atoms with E-state index in [0.29, 0.717) is 6.04 Å². The molecular weight excluding hydrogens is 218 g/mol.